The normalized spacial score (nSPS) is 12.8. The maximum Gasteiger partial charge on any atom is 0.108 e. The summed E-state index contributed by atoms with van der Waals surface area (Å²) in [4.78, 5) is 0. The maximum atomic E-state index is 11.7. The van der Waals surface area contributed by atoms with E-state index in [9.17, 15) is 4.39 Å². The first kappa shape index (κ1) is 10.4. The van der Waals surface area contributed by atoms with E-state index in [1.165, 1.54) is 18.4 Å². The molecule has 0 aromatic rings. The van der Waals surface area contributed by atoms with Gasteiger partial charge < -0.3 is 0 Å². The second-order valence-corrected chi connectivity index (χ2v) is 2.52. The summed E-state index contributed by atoms with van der Waals surface area (Å²) in [7, 11) is 0. The summed E-state index contributed by atoms with van der Waals surface area (Å²) in [6, 6.07) is 0. The average Bonchev–Trinajstić information content (AvgIpc) is 2.05. The van der Waals surface area contributed by atoms with Gasteiger partial charge in [0.2, 0.25) is 0 Å². The zero-order chi connectivity index (χ0) is 8.53. The van der Waals surface area contributed by atoms with Crippen LogP contribution in [-0.2, 0) is 0 Å². The highest BCUT2D eigenvalue weighted by molar-refractivity contribution is 5.17. The van der Waals surface area contributed by atoms with Gasteiger partial charge in [-0.05, 0) is 19.8 Å². The van der Waals surface area contributed by atoms with Crippen molar-refractivity contribution in [2.45, 2.75) is 33.1 Å². The fourth-order valence-electron chi connectivity index (χ4n) is 0.901. The smallest absolute Gasteiger partial charge is 0.108 e. The van der Waals surface area contributed by atoms with Crippen LogP contribution in [-0.4, -0.2) is 6.67 Å². The third-order valence-electron chi connectivity index (χ3n) is 1.61. The lowest BCUT2D eigenvalue weighted by Gasteiger charge is -1.97. The van der Waals surface area contributed by atoms with Crippen molar-refractivity contribution in [1.82, 2.24) is 0 Å². The highest BCUT2D eigenvalue weighted by Gasteiger charge is 1.88. The fraction of sp³-hybridized carbons (Fsp3) is 0.600. The first-order valence-corrected chi connectivity index (χ1v) is 4.22. The number of allylic oxidation sites excluding steroid dienone is 4. The first-order valence-electron chi connectivity index (χ1n) is 4.22. The molecule has 1 heteroatoms. The monoisotopic (exact) mass is 156 g/mol. The van der Waals surface area contributed by atoms with Crippen LogP contribution in [0.4, 0.5) is 4.39 Å². The molecule has 0 atom stereocenters. The Morgan fingerprint density at radius 3 is 2.64 bits per heavy atom. The summed E-state index contributed by atoms with van der Waals surface area (Å²) in [5, 5.41) is 0. The van der Waals surface area contributed by atoms with Crippen molar-refractivity contribution in [3.8, 4) is 0 Å². The van der Waals surface area contributed by atoms with Gasteiger partial charge in [0.25, 0.3) is 0 Å². The number of hydrogen-bond acceptors (Lipinski definition) is 0. The SMILES string of the molecule is C/C=C(\C=C/CF)CCCC. The highest BCUT2D eigenvalue weighted by atomic mass is 19.1. The molecule has 0 aromatic carbocycles. The van der Waals surface area contributed by atoms with Gasteiger partial charge in [-0.25, -0.2) is 4.39 Å². The van der Waals surface area contributed by atoms with E-state index in [4.69, 9.17) is 0 Å². The Balaban J connectivity index is 3.68. The second kappa shape index (κ2) is 7.52. The molecular formula is C10H17F. The maximum absolute atomic E-state index is 11.7. The standard InChI is InChI=1S/C10H17F/c1-3-5-7-10(4-2)8-6-9-11/h4,6,8H,3,5,7,9H2,1-2H3/b8-6-,10-4-. The predicted octanol–water partition coefficient (Wildman–Crippen LogP) is 3.65. The van der Waals surface area contributed by atoms with Gasteiger partial charge in [0.1, 0.15) is 6.67 Å². The molecule has 64 valence electrons. The number of unbranched alkanes of at least 4 members (excludes halogenated alkanes) is 1. The molecule has 0 heterocycles. The third kappa shape index (κ3) is 5.84. The van der Waals surface area contributed by atoms with Crippen LogP contribution in [0.25, 0.3) is 0 Å². The van der Waals surface area contributed by atoms with Crippen LogP contribution >= 0.6 is 0 Å². The van der Waals surface area contributed by atoms with Crippen LogP contribution in [0.5, 0.6) is 0 Å². The Bertz CT molecular complexity index is 134. The van der Waals surface area contributed by atoms with Gasteiger partial charge in [-0.2, -0.15) is 0 Å². The molecule has 0 saturated heterocycles. The van der Waals surface area contributed by atoms with E-state index >= 15 is 0 Å². The van der Waals surface area contributed by atoms with Crippen molar-refractivity contribution in [3.63, 3.8) is 0 Å². The summed E-state index contributed by atoms with van der Waals surface area (Å²) in [6.45, 7) is 3.79. The Morgan fingerprint density at radius 1 is 1.45 bits per heavy atom. The average molecular weight is 156 g/mol. The number of alkyl halides is 1. The lowest BCUT2D eigenvalue weighted by molar-refractivity contribution is 0.561. The van der Waals surface area contributed by atoms with Gasteiger partial charge in [-0.1, -0.05) is 37.1 Å². The van der Waals surface area contributed by atoms with Crippen molar-refractivity contribution < 1.29 is 4.39 Å². The summed E-state index contributed by atoms with van der Waals surface area (Å²) in [5.41, 5.74) is 1.24. The Hall–Kier alpha value is -0.590. The van der Waals surface area contributed by atoms with Crippen molar-refractivity contribution in [3.05, 3.63) is 23.8 Å². The van der Waals surface area contributed by atoms with Crippen molar-refractivity contribution in [2.24, 2.45) is 0 Å². The minimum Gasteiger partial charge on any atom is -0.247 e. The van der Waals surface area contributed by atoms with Crippen molar-refractivity contribution in [2.75, 3.05) is 6.67 Å². The molecule has 0 saturated carbocycles. The van der Waals surface area contributed by atoms with E-state index in [0.29, 0.717) is 0 Å². The van der Waals surface area contributed by atoms with Gasteiger partial charge in [0, 0.05) is 0 Å². The molecule has 0 aromatic heterocycles. The van der Waals surface area contributed by atoms with Crippen LogP contribution in [0.3, 0.4) is 0 Å². The van der Waals surface area contributed by atoms with Gasteiger partial charge in [0.05, 0.1) is 0 Å². The number of hydrogen-bond donors (Lipinski definition) is 0. The van der Waals surface area contributed by atoms with Crippen LogP contribution in [0.2, 0.25) is 0 Å². The molecule has 0 amide bonds. The quantitative estimate of drug-likeness (QED) is 0.533. The number of rotatable bonds is 5. The van der Waals surface area contributed by atoms with Crippen molar-refractivity contribution in [1.29, 1.82) is 0 Å². The summed E-state index contributed by atoms with van der Waals surface area (Å²) in [6.07, 6.45) is 8.93. The van der Waals surface area contributed by atoms with Gasteiger partial charge in [-0.15, -0.1) is 0 Å². The zero-order valence-electron chi connectivity index (χ0n) is 7.44. The largest absolute Gasteiger partial charge is 0.247 e. The molecule has 0 rings (SSSR count). The fourth-order valence-corrected chi connectivity index (χ4v) is 0.901. The minimum atomic E-state index is -0.358. The molecular weight excluding hydrogens is 139 g/mol. The predicted molar refractivity (Wildman–Crippen MR) is 48.4 cm³/mol. The molecule has 0 N–H and O–H groups in total. The molecule has 0 bridgehead atoms. The van der Waals surface area contributed by atoms with E-state index in [1.54, 1.807) is 6.08 Å². The molecule has 0 nitrogen and oxygen atoms in total. The van der Waals surface area contributed by atoms with Gasteiger partial charge >= 0.3 is 0 Å². The molecule has 0 aliphatic rings. The first-order chi connectivity index (χ1) is 5.35. The Morgan fingerprint density at radius 2 is 2.18 bits per heavy atom. The summed E-state index contributed by atoms with van der Waals surface area (Å²) in [5.74, 6) is 0. The molecule has 0 aliphatic carbocycles. The van der Waals surface area contributed by atoms with Gasteiger partial charge in [-0.3, -0.25) is 0 Å². The van der Waals surface area contributed by atoms with Crippen molar-refractivity contribution >= 4 is 0 Å². The topological polar surface area (TPSA) is 0 Å². The van der Waals surface area contributed by atoms with Crippen LogP contribution in [0, 0.1) is 0 Å². The second-order valence-electron chi connectivity index (χ2n) is 2.52. The Kier molecular flexibility index (Phi) is 7.11. The minimum absolute atomic E-state index is 0.358. The van der Waals surface area contributed by atoms with E-state index in [0.717, 1.165) is 6.42 Å². The highest BCUT2D eigenvalue weighted by Crippen LogP contribution is 2.08. The van der Waals surface area contributed by atoms with E-state index in [-0.39, 0.29) is 6.67 Å². The molecule has 0 unspecified atom stereocenters. The number of halogens is 1. The van der Waals surface area contributed by atoms with E-state index in [2.05, 4.69) is 6.92 Å². The van der Waals surface area contributed by atoms with Crippen LogP contribution in [0.15, 0.2) is 23.8 Å². The Labute approximate surface area is 68.8 Å². The zero-order valence-corrected chi connectivity index (χ0v) is 7.44. The molecule has 0 spiro atoms. The molecule has 0 fully saturated rings. The van der Waals surface area contributed by atoms with Crippen LogP contribution < -0.4 is 0 Å². The summed E-state index contributed by atoms with van der Waals surface area (Å²) < 4.78 is 11.7. The van der Waals surface area contributed by atoms with Gasteiger partial charge in [0.15, 0.2) is 0 Å². The lowest BCUT2D eigenvalue weighted by atomic mass is 10.1. The third-order valence-corrected chi connectivity index (χ3v) is 1.61. The van der Waals surface area contributed by atoms with Crippen LogP contribution in [0.1, 0.15) is 33.1 Å². The molecule has 0 aliphatic heterocycles. The molecule has 0 radical (unpaired) electrons. The molecule has 11 heavy (non-hydrogen) atoms. The van der Waals surface area contributed by atoms with E-state index < -0.39 is 0 Å². The lowest BCUT2D eigenvalue weighted by Crippen LogP contribution is -1.78. The summed E-state index contributed by atoms with van der Waals surface area (Å²) >= 11 is 0. The van der Waals surface area contributed by atoms with E-state index in [1.807, 2.05) is 19.1 Å².